The molecule has 27 heavy (non-hydrogen) atoms. The average molecular weight is 378 g/mol. The van der Waals surface area contributed by atoms with Crippen LogP contribution in [-0.2, 0) is 23.9 Å². The zero-order valence-electron chi connectivity index (χ0n) is 14.3. The molecule has 5 nitrogen and oxygen atoms in total. The summed E-state index contributed by atoms with van der Waals surface area (Å²) < 4.78 is 42.5. The first-order valence-corrected chi connectivity index (χ1v) is 8.29. The number of rotatable bonds is 4. The van der Waals surface area contributed by atoms with Crippen LogP contribution in [0.4, 0.5) is 18.9 Å². The SMILES string of the molecule is C=CC(=O)N1CCCc2cc(C(=O)NCc3cc(C(F)(F)F)co3)ccc21. The second-order valence-corrected chi connectivity index (χ2v) is 6.12. The normalized spacial score (nSPS) is 13.8. The lowest BCUT2D eigenvalue weighted by molar-refractivity contribution is -0.137. The first-order chi connectivity index (χ1) is 12.8. The summed E-state index contributed by atoms with van der Waals surface area (Å²) in [7, 11) is 0. The molecule has 0 unspecified atom stereocenters. The highest BCUT2D eigenvalue weighted by atomic mass is 19.4. The summed E-state index contributed by atoms with van der Waals surface area (Å²) >= 11 is 0. The van der Waals surface area contributed by atoms with Gasteiger partial charge in [-0.15, -0.1) is 0 Å². The minimum atomic E-state index is -4.49. The summed E-state index contributed by atoms with van der Waals surface area (Å²) in [5, 5.41) is 2.54. The van der Waals surface area contributed by atoms with Gasteiger partial charge in [0.1, 0.15) is 12.0 Å². The number of carbonyl (C=O) groups excluding carboxylic acids is 2. The second-order valence-electron chi connectivity index (χ2n) is 6.12. The summed E-state index contributed by atoms with van der Waals surface area (Å²) in [6, 6.07) is 5.81. The van der Waals surface area contributed by atoms with Crippen LogP contribution in [-0.4, -0.2) is 18.4 Å². The molecule has 0 radical (unpaired) electrons. The Morgan fingerprint density at radius 2 is 2.07 bits per heavy atom. The van der Waals surface area contributed by atoms with Crippen LogP contribution >= 0.6 is 0 Å². The molecule has 2 amide bonds. The summed E-state index contributed by atoms with van der Waals surface area (Å²) in [6.45, 7) is 3.92. The number of alkyl halides is 3. The fourth-order valence-electron chi connectivity index (χ4n) is 2.97. The van der Waals surface area contributed by atoms with Gasteiger partial charge in [0.05, 0.1) is 12.1 Å². The number of nitrogens with zero attached hydrogens (tertiary/aromatic N) is 1. The molecule has 1 aromatic heterocycles. The molecule has 2 aromatic rings. The van der Waals surface area contributed by atoms with Gasteiger partial charge in [0, 0.05) is 17.8 Å². The lowest BCUT2D eigenvalue weighted by Crippen LogP contribution is -2.34. The predicted molar refractivity (Wildman–Crippen MR) is 92.2 cm³/mol. The maximum Gasteiger partial charge on any atom is 0.419 e. The van der Waals surface area contributed by atoms with E-state index in [4.69, 9.17) is 4.42 Å². The molecule has 1 aliphatic heterocycles. The highest BCUT2D eigenvalue weighted by Gasteiger charge is 2.32. The molecular formula is C19H17F3N2O3. The van der Waals surface area contributed by atoms with Gasteiger partial charge in [0.15, 0.2) is 0 Å². The first kappa shape index (κ1) is 18.8. The molecule has 2 heterocycles. The zero-order chi connectivity index (χ0) is 19.6. The molecule has 0 spiro atoms. The number of halogens is 3. The van der Waals surface area contributed by atoms with Gasteiger partial charge in [0.25, 0.3) is 5.91 Å². The molecule has 0 fully saturated rings. The van der Waals surface area contributed by atoms with Crippen molar-refractivity contribution in [3.8, 4) is 0 Å². The van der Waals surface area contributed by atoms with E-state index in [1.807, 2.05) is 0 Å². The Labute approximate surface area is 153 Å². The number of anilines is 1. The third kappa shape index (κ3) is 4.05. The van der Waals surface area contributed by atoms with Crippen LogP contribution in [0.3, 0.4) is 0 Å². The molecule has 0 aliphatic carbocycles. The van der Waals surface area contributed by atoms with Crippen LogP contribution < -0.4 is 10.2 Å². The number of fused-ring (bicyclic) bond motifs is 1. The second kappa shape index (κ2) is 7.30. The lowest BCUT2D eigenvalue weighted by atomic mass is 9.98. The van der Waals surface area contributed by atoms with Gasteiger partial charge in [-0.25, -0.2) is 0 Å². The van der Waals surface area contributed by atoms with Gasteiger partial charge < -0.3 is 14.6 Å². The highest BCUT2D eigenvalue weighted by molar-refractivity contribution is 6.02. The number of carbonyl (C=O) groups is 2. The topological polar surface area (TPSA) is 62.6 Å². The minimum absolute atomic E-state index is 0.0105. The van der Waals surface area contributed by atoms with Gasteiger partial charge in [-0.05, 0) is 48.7 Å². The minimum Gasteiger partial charge on any atom is -0.467 e. The molecule has 0 atom stereocenters. The van der Waals surface area contributed by atoms with Crippen molar-refractivity contribution in [3.05, 3.63) is 65.6 Å². The number of amides is 2. The van der Waals surface area contributed by atoms with Crippen molar-refractivity contribution in [1.82, 2.24) is 5.32 Å². The Hall–Kier alpha value is -3.03. The van der Waals surface area contributed by atoms with Gasteiger partial charge in [-0.1, -0.05) is 6.58 Å². The average Bonchev–Trinajstić information content (AvgIpc) is 3.14. The van der Waals surface area contributed by atoms with Crippen molar-refractivity contribution in [2.24, 2.45) is 0 Å². The van der Waals surface area contributed by atoms with E-state index in [1.165, 1.54) is 6.08 Å². The first-order valence-electron chi connectivity index (χ1n) is 8.29. The number of nitrogens with one attached hydrogen (secondary N) is 1. The quantitative estimate of drug-likeness (QED) is 0.826. The number of aryl methyl sites for hydroxylation is 1. The Balaban J connectivity index is 1.70. The Morgan fingerprint density at radius 3 is 2.74 bits per heavy atom. The van der Waals surface area contributed by atoms with E-state index in [2.05, 4.69) is 11.9 Å². The molecule has 0 bridgehead atoms. The van der Waals surface area contributed by atoms with E-state index < -0.39 is 17.6 Å². The van der Waals surface area contributed by atoms with Gasteiger partial charge >= 0.3 is 6.18 Å². The number of benzene rings is 1. The lowest BCUT2D eigenvalue weighted by Gasteiger charge is -2.28. The van der Waals surface area contributed by atoms with E-state index in [9.17, 15) is 22.8 Å². The van der Waals surface area contributed by atoms with Gasteiger partial charge in [-0.2, -0.15) is 13.2 Å². The zero-order valence-corrected chi connectivity index (χ0v) is 14.3. The number of hydrogen-bond donors (Lipinski definition) is 1. The molecule has 0 saturated heterocycles. The molecule has 8 heteroatoms. The van der Waals surface area contributed by atoms with Gasteiger partial charge in [-0.3, -0.25) is 9.59 Å². The van der Waals surface area contributed by atoms with Crippen molar-refractivity contribution in [2.45, 2.75) is 25.6 Å². The number of furan rings is 1. The Bertz CT molecular complexity index is 887. The van der Waals surface area contributed by atoms with E-state index in [1.54, 1.807) is 23.1 Å². The molecule has 1 N–H and O–H groups in total. The van der Waals surface area contributed by atoms with Crippen molar-refractivity contribution >= 4 is 17.5 Å². The van der Waals surface area contributed by atoms with E-state index in [-0.39, 0.29) is 18.2 Å². The number of hydrogen-bond acceptors (Lipinski definition) is 3. The summed E-state index contributed by atoms with van der Waals surface area (Å²) in [5.74, 6) is -0.627. The van der Waals surface area contributed by atoms with Crippen LogP contribution in [0.2, 0.25) is 0 Å². The fourth-order valence-corrected chi connectivity index (χ4v) is 2.97. The maximum absolute atomic E-state index is 12.6. The van der Waals surface area contributed by atoms with E-state index in [0.717, 1.165) is 30.2 Å². The van der Waals surface area contributed by atoms with Crippen molar-refractivity contribution in [3.63, 3.8) is 0 Å². The molecule has 3 rings (SSSR count). The Morgan fingerprint density at radius 1 is 1.30 bits per heavy atom. The van der Waals surface area contributed by atoms with E-state index >= 15 is 0 Å². The fraction of sp³-hybridized carbons (Fsp3) is 0.263. The molecular weight excluding hydrogens is 361 g/mol. The van der Waals surface area contributed by atoms with Crippen LogP contribution in [0.1, 0.15) is 33.7 Å². The van der Waals surface area contributed by atoms with Crippen molar-refractivity contribution in [2.75, 3.05) is 11.4 Å². The summed E-state index contributed by atoms with van der Waals surface area (Å²) in [4.78, 5) is 25.8. The van der Waals surface area contributed by atoms with Crippen molar-refractivity contribution in [1.29, 1.82) is 0 Å². The largest absolute Gasteiger partial charge is 0.467 e. The third-order valence-corrected chi connectivity index (χ3v) is 4.31. The highest BCUT2D eigenvalue weighted by Crippen LogP contribution is 2.31. The smallest absolute Gasteiger partial charge is 0.419 e. The van der Waals surface area contributed by atoms with Crippen LogP contribution in [0, 0.1) is 0 Å². The van der Waals surface area contributed by atoms with Crippen LogP contribution in [0.5, 0.6) is 0 Å². The monoisotopic (exact) mass is 378 g/mol. The van der Waals surface area contributed by atoms with Crippen molar-refractivity contribution < 1.29 is 27.2 Å². The molecule has 1 aliphatic rings. The van der Waals surface area contributed by atoms with Crippen LogP contribution in [0.15, 0.2) is 47.6 Å². The third-order valence-electron chi connectivity index (χ3n) is 4.31. The molecule has 0 saturated carbocycles. The van der Waals surface area contributed by atoms with Crippen LogP contribution in [0.25, 0.3) is 0 Å². The molecule has 142 valence electrons. The Kier molecular flexibility index (Phi) is 5.07. The maximum atomic E-state index is 12.6. The molecule has 1 aromatic carbocycles. The summed E-state index contributed by atoms with van der Waals surface area (Å²) in [5.41, 5.74) is 1.07. The summed E-state index contributed by atoms with van der Waals surface area (Å²) in [6.07, 6.45) is -1.13. The standard InChI is InChI=1S/C19H17F3N2O3/c1-2-17(25)24-7-3-4-12-8-13(5-6-16(12)24)18(26)23-10-15-9-14(11-27-15)19(20,21)22/h2,5-6,8-9,11H,1,3-4,7,10H2,(H,23,26). The van der Waals surface area contributed by atoms with Gasteiger partial charge in [0.2, 0.25) is 5.91 Å². The predicted octanol–water partition coefficient (Wildman–Crippen LogP) is 3.69. The van der Waals surface area contributed by atoms with E-state index in [0.29, 0.717) is 18.4 Å².